The Kier molecular flexibility index (Phi) is 8.69. The number of nitrogens with zero attached hydrogens (tertiary/aromatic N) is 3. The molecule has 1 aromatic carbocycles. The number of hydrogen-bond donors (Lipinski definition) is 4. The van der Waals surface area contributed by atoms with Gasteiger partial charge in [0.2, 0.25) is 11.9 Å². The lowest BCUT2D eigenvalue weighted by Crippen LogP contribution is -2.41. The fraction of sp³-hybridized carbons (Fsp3) is 0.435. The Morgan fingerprint density at radius 2 is 1.84 bits per heavy atom. The van der Waals surface area contributed by atoms with Crippen molar-refractivity contribution in [1.82, 2.24) is 20.5 Å². The second-order valence-corrected chi connectivity index (χ2v) is 8.02. The largest absolute Gasteiger partial charge is 0.364 e. The van der Waals surface area contributed by atoms with E-state index in [9.17, 15) is 9.59 Å². The molecule has 0 unspecified atom stereocenters. The third-order valence-corrected chi connectivity index (χ3v) is 5.30. The smallest absolute Gasteiger partial charge is 0.273 e. The predicted molar refractivity (Wildman–Crippen MR) is 127 cm³/mol. The molecule has 0 saturated heterocycles. The normalized spacial score (nSPS) is 17.7. The maximum Gasteiger partial charge on any atom is 0.273 e. The molecular formula is C23H33N7O2. The fourth-order valence-corrected chi connectivity index (χ4v) is 3.62. The highest BCUT2D eigenvalue weighted by Gasteiger charge is 2.24. The number of anilines is 3. The molecule has 0 spiro atoms. The van der Waals surface area contributed by atoms with E-state index >= 15 is 0 Å². The topological polar surface area (TPSA) is 135 Å². The highest BCUT2D eigenvalue weighted by atomic mass is 16.2. The van der Waals surface area contributed by atoms with Crippen molar-refractivity contribution in [2.24, 2.45) is 5.73 Å². The molecule has 1 heterocycles. The van der Waals surface area contributed by atoms with Crippen molar-refractivity contribution in [2.75, 3.05) is 10.6 Å². The third-order valence-electron chi connectivity index (χ3n) is 5.30. The lowest BCUT2D eigenvalue weighted by Gasteiger charge is -2.30. The minimum absolute atomic E-state index is 0. The Labute approximate surface area is 189 Å². The van der Waals surface area contributed by atoms with Gasteiger partial charge in [-0.1, -0.05) is 40.0 Å². The first-order valence-electron chi connectivity index (χ1n) is 10.5. The van der Waals surface area contributed by atoms with Gasteiger partial charge >= 0.3 is 0 Å². The molecule has 1 saturated carbocycles. The Morgan fingerprint density at radius 3 is 2.47 bits per heavy atom. The third kappa shape index (κ3) is 6.50. The number of carbonyl (C=O) groups is 2. The van der Waals surface area contributed by atoms with E-state index in [0.717, 1.165) is 31.4 Å². The van der Waals surface area contributed by atoms with E-state index in [1.807, 2.05) is 24.3 Å². The molecule has 0 aliphatic heterocycles. The van der Waals surface area contributed by atoms with Crippen LogP contribution in [0.4, 0.5) is 17.5 Å². The van der Waals surface area contributed by atoms with E-state index < -0.39 is 5.91 Å². The minimum Gasteiger partial charge on any atom is -0.364 e. The number of hydrogen-bond acceptors (Lipinski definition) is 7. The molecule has 9 nitrogen and oxygen atoms in total. The van der Waals surface area contributed by atoms with Crippen LogP contribution in [0, 0.1) is 0 Å². The highest BCUT2D eigenvalue weighted by molar-refractivity contribution is 5.96. The quantitative estimate of drug-likeness (QED) is 0.462. The predicted octanol–water partition coefficient (Wildman–Crippen LogP) is 3.50. The Balaban J connectivity index is 0.00000363. The van der Waals surface area contributed by atoms with Crippen molar-refractivity contribution < 1.29 is 9.59 Å². The van der Waals surface area contributed by atoms with Gasteiger partial charge < -0.3 is 21.7 Å². The second kappa shape index (κ2) is 11.2. The molecule has 2 atom stereocenters. The van der Waals surface area contributed by atoms with Gasteiger partial charge in [0.15, 0.2) is 11.5 Å². The number of amides is 2. The standard InChI is InChI=1S/C22H29N7O2.CH4/c1-4-18(30)24-16-6-5-7-17(12-16)26-22-27-21(19(20(23)31)28-29-22)25-15-10-8-14(9-11-15)13(2)3;/h4,8-11,13,16-17H,1,5-7,12H2,2-3H3,(H2,23,31)(H,24,30)(H2,25,26,27,29);1H4/t16-,17-;/m1./s1. The number of nitrogens with two attached hydrogens (primary N) is 1. The van der Waals surface area contributed by atoms with Gasteiger partial charge in [-0.2, -0.15) is 4.98 Å². The van der Waals surface area contributed by atoms with Crippen LogP contribution in [0.3, 0.4) is 0 Å². The van der Waals surface area contributed by atoms with Gasteiger partial charge in [-0.25, -0.2) is 0 Å². The number of aromatic nitrogens is 3. The van der Waals surface area contributed by atoms with E-state index in [-0.39, 0.29) is 36.9 Å². The van der Waals surface area contributed by atoms with E-state index in [2.05, 4.69) is 51.6 Å². The summed E-state index contributed by atoms with van der Waals surface area (Å²) in [5.41, 5.74) is 7.40. The van der Waals surface area contributed by atoms with Gasteiger partial charge in [-0.3, -0.25) is 9.59 Å². The molecule has 0 radical (unpaired) electrons. The molecule has 2 aromatic rings. The molecule has 172 valence electrons. The first-order valence-corrected chi connectivity index (χ1v) is 10.5. The number of benzene rings is 1. The van der Waals surface area contributed by atoms with Gasteiger partial charge in [-0.15, -0.1) is 10.2 Å². The van der Waals surface area contributed by atoms with Crippen LogP contribution < -0.4 is 21.7 Å². The lowest BCUT2D eigenvalue weighted by atomic mass is 9.91. The van der Waals surface area contributed by atoms with Crippen molar-refractivity contribution in [3.63, 3.8) is 0 Å². The summed E-state index contributed by atoms with van der Waals surface area (Å²) in [6, 6.07) is 8.01. The SMILES string of the molecule is C.C=CC(=O)N[C@@H]1CCC[C@@H](Nc2nnc(C(N)=O)c(Nc3ccc(C(C)C)cc3)n2)C1. The van der Waals surface area contributed by atoms with Gasteiger partial charge in [0.1, 0.15) is 0 Å². The van der Waals surface area contributed by atoms with Crippen molar-refractivity contribution in [3.05, 3.63) is 48.2 Å². The zero-order chi connectivity index (χ0) is 22.4. The molecular weight excluding hydrogens is 406 g/mol. The van der Waals surface area contributed by atoms with Crippen LogP contribution in [0.5, 0.6) is 0 Å². The van der Waals surface area contributed by atoms with Crippen molar-refractivity contribution in [1.29, 1.82) is 0 Å². The van der Waals surface area contributed by atoms with E-state index in [1.165, 1.54) is 11.6 Å². The molecule has 32 heavy (non-hydrogen) atoms. The van der Waals surface area contributed by atoms with Gasteiger partial charge in [0.05, 0.1) is 0 Å². The first-order chi connectivity index (χ1) is 14.9. The molecule has 2 amide bonds. The Morgan fingerprint density at radius 1 is 1.16 bits per heavy atom. The second-order valence-electron chi connectivity index (χ2n) is 8.02. The lowest BCUT2D eigenvalue weighted by molar-refractivity contribution is -0.117. The summed E-state index contributed by atoms with van der Waals surface area (Å²) >= 11 is 0. The van der Waals surface area contributed by atoms with Gasteiger partial charge in [0.25, 0.3) is 5.91 Å². The average Bonchev–Trinajstić information content (AvgIpc) is 2.74. The molecule has 5 N–H and O–H groups in total. The Bertz CT molecular complexity index is 944. The highest BCUT2D eigenvalue weighted by Crippen LogP contribution is 2.24. The molecule has 1 aliphatic carbocycles. The summed E-state index contributed by atoms with van der Waals surface area (Å²) in [6.45, 7) is 7.74. The number of nitrogens with one attached hydrogen (secondary N) is 3. The van der Waals surface area contributed by atoms with Crippen LogP contribution in [0.15, 0.2) is 36.9 Å². The number of primary amides is 1. The van der Waals surface area contributed by atoms with Crippen molar-refractivity contribution >= 4 is 29.3 Å². The molecule has 1 fully saturated rings. The molecule has 1 aliphatic rings. The maximum atomic E-state index is 11.8. The van der Waals surface area contributed by atoms with E-state index in [4.69, 9.17) is 5.73 Å². The maximum absolute atomic E-state index is 11.8. The van der Waals surface area contributed by atoms with E-state index in [0.29, 0.717) is 11.9 Å². The summed E-state index contributed by atoms with van der Waals surface area (Å²) < 4.78 is 0. The van der Waals surface area contributed by atoms with Gasteiger partial charge in [0, 0.05) is 17.8 Å². The molecule has 1 aromatic heterocycles. The van der Waals surface area contributed by atoms with Crippen LogP contribution in [-0.2, 0) is 4.79 Å². The summed E-state index contributed by atoms with van der Waals surface area (Å²) in [4.78, 5) is 27.8. The summed E-state index contributed by atoms with van der Waals surface area (Å²) in [7, 11) is 0. The van der Waals surface area contributed by atoms with Gasteiger partial charge in [-0.05, 0) is 55.4 Å². The Hall–Kier alpha value is -3.49. The van der Waals surface area contributed by atoms with Crippen molar-refractivity contribution in [3.8, 4) is 0 Å². The molecule has 9 heteroatoms. The zero-order valence-electron chi connectivity index (χ0n) is 17.9. The summed E-state index contributed by atoms with van der Waals surface area (Å²) in [6.07, 6.45) is 4.80. The van der Waals surface area contributed by atoms with Crippen LogP contribution in [0.1, 0.15) is 68.9 Å². The summed E-state index contributed by atoms with van der Waals surface area (Å²) in [5.74, 6) is 0.0750. The van der Waals surface area contributed by atoms with Crippen LogP contribution >= 0.6 is 0 Å². The monoisotopic (exact) mass is 439 g/mol. The molecule has 0 bridgehead atoms. The average molecular weight is 440 g/mol. The van der Waals surface area contributed by atoms with E-state index in [1.54, 1.807) is 0 Å². The first kappa shape index (κ1) is 24.8. The zero-order valence-corrected chi connectivity index (χ0v) is 17.9. The van der Waals surface area contributed by atoms with Crippen molar-refractivity contribution in [2.45, 2.75) is 65.0 Å². The molecule has 3 rings (SSSR count). The number of carbonyl (C=O) groups excluding carboxylic acids is 2. The number of rotatable bonds is 8. The minimum atomic E-state index is -0.710. The van der Waals surface area contributed by atoms with Crippen LogP contribution in [-0.4, -0.2) is 39.1 Å². The van der Waals surface area contributed by atoms with Crippen LogP contribution in [0.25, 0.3) is 0 Å². The fourth-order valence-electron chi connectivity index (χ4n) is 3.62. The van der Waals surface area contributed by atoms with Crippen LogP contribution in [0.2, 0.25) is 0 Å². The summed E-state index contributed by atoms with van der Waals surface area (Å²) in [5, 5.41) is 17.3.